The molecule has 0 aromatic heterocycles. The summed E-state index contributed by atoms with van der Waals surface area (Å²) in [6.45, 7) is 3.44. The minimum Gasteiger partial charge on any atom is -0.313 e. The summed E-state index contributed by atoms with van der Waals surface area (Å²) >= 11 is 0. The van der Waals surface area contributed by atoms with Crippen LogP contribution in [0.1, 0.15) is 66.7 Å². The summed E-state index contributed by atoms with van der Waals surface area (Å²) in [5.74, 6) is 1.51. The molecule has 2 unspecified atom stereocenters. The lowest BCUT2D eigenvalue weighted by Crippen LogP contribution is -2.41. The number of benzene rings is 2. The molecule has 0 radical (unpaired) electrons. The Morgan fingerprint density at radius 2 is 1.73 bits per heavy atom. The Balaban J connectivity index is 1.52. The third kappa shape index (κ3) is 4.20. The number of aryl methyl sites for hydroxylation is 2. The van der Waals surface area contributed by atoms with Crippen LogP contribution in [0.25, 0.3) is 0 Å². The normalized spacial score (nSPS) is 23.6. The average molecular weight is 348 g/mol. The summed E-state index contributed by atoms with van der Waals surface area (Å²) in [5.41, 5.74) is 6.04. The Bertz CT molecular complexity index is 699. The molecule has 0 aliphatic heterocycles. The van der Waals surface area contributed by atoms with Gasteiger partial charge in [-0.05, 0) is 68.2 Å². The van der Waals surface area contributed by atoms with Gasteiger partial charge in [0.05, 0.1) is 0 Å². The fourth-order valence-corrected chi connectivity index (χ4v) is 5.12. The average Bonchev–Trinajstić information content (AvgIpc) is 2.69. The zero-order valence-corrected chi connectivity index (χ0v) is 16.2. The van der Waals surface area contributed by atoms with Gasteiger partial charge < -0.3 is 5.32 Å². The monoisotopic (exact) mass is 347 g/mol. The minimum absolute atomic E-state index is 0.602. The standard InChI is InChI=1S/C25H33N/c1-19-12-14-23-22(16-19)13-15-25(26-18-21-10-6-3-7-11-21)24(23)17-20-8-4-2-5-9-20/h2,4-5,8-9,12,14,16,21,24-26H,3,6-7,10-11,13,15,17-18H2,1H3. The molecule has 0 heterocycles. The van der Waals surface area contributed by atoms with Crippen LogP contribution in [0.15, 0.2) is 48.5 Å². The lowest BCUT2D eigenvalue weighted by molar-refractivity contribution is 0.301. The van der Waals surface area contributed by atoms with E-state index in [0.29, 0.717) is 12.0 Å². The van der Waals surface area contributed by atoms with Crippen molar-refractivity contribution >= 4 is 0 Å². The van der Waals surface area contributed by atoms with Gasteiger partial charge in [-0.2, -0.15) is 0 Å². The van der Waals surface area contributed by atoms with Crippen molar-refractivity contribution in [1.29, 1.82) is 0 Å². The van der Waals surface area contributed by atoms with Gasteiger partial charge in [0.25, 0.3) is 0 Å². The number of hydrogen-bond donors (Lipinski definition) is 1. The van der Waals surface area contributed by atoms with Crippen molar-refractivity contribution < 1.29 is 0 Å². The molecule has 26 heavy (non-hydrogen) atoms. The summed E-state index contributed by atoms with van der Waals surface area (Å²) in [6.07, 6.45) is 10.8. The molecule has 1 heteroatoms. The third-order valence-corrected chi connectivity index (χ3v) is 6.60. The Labute approximate surface area is 159 Å². The van der Waals surface area contributed by atoms with Crippen LogP contribution >= 0.6 is 0 Å². The second kappa shape index (κ2) is 8.39. The highest BCUT2D eigenvalue weighted by Crippen LogP contribution is 2.35. The van der Waals surface area contributed by atoms with Crippen molar-refractivity contribution in [3.05, 3.63) is 70.8 Å². The molecule has 2 aromatic carbocycles. The van der Waals surface area contributed by atoms with Gasteiger partial charge in [0, 0.05) is 12.0 Å². The Kier molecular flexibility index (Phi) is 5.75. The predicted octanol–water partition coefficient (Wildman–Crippen LogP) is 5.81. The topological polar surface area (TPSA) is 12.0 Å². The lowest BCUT2D eigenvalue weighted by atomic mass is 9.75. The molecule has 2 aliphatic rings. The van der Waals surface area contributed by atoms with Crippen LogP contribution in [0.4, 0.5) is 0 Å². The van der Waals surface area contributed by atoms with Crippen LogP contribution in [0.2, 0.25) is 0 Å². The van der Waals surface area contributed by atoms with Gasteiger partial charge in [-0.15, -0.1) is 0 Å². The van der Waals surface area contributed by atoms with E-state index in [9.17, 15) is 0 Å². The summed E-state index contributed by atoms with van der Waals surface area (Å²) < 4.78 is 0. The van der Waals surface area contributed by atoms with Crippen LogP contribution in [0.5, 0.6) is 0 Å². The predicted molar refractivity (Wildman–Crippen MR) is 111 cm³/mol. The quantitative estimate of drug-likeness (QED) is 0.720. The Morgan fingerprint density at radius 1 is 0.923 bits per heavy atom. The number of hydrogen-bond acceptors (Lipinski definition) is 1. The molecule has 0 saturated heterocycles. The molecule has 2 aliphatic carbocycles. The highest BCUT2D eigenvalue weighted by atomic mass is 14.9. The molecule has 138 valence electrons. The van der Waals surface area contributed by atoms with E-state index in [4.69, 9.17) is 0 Å². The van der Waals surface area contributed by atoms with E-state index in [1.807, 2.05) is 0 Å². The number of nitrogens with one attached hydrogen (secondary N) is 1. The molecule has 4 rings (SSSR count). The molecule has 2 aromatic rings. The van der Waals surface area contributed by atoms with E-state index in [1.54, 1.807) is 11.1 Å². The van der Waals surface area contributed by atoms with Crippen molar-refractivity contribution in [1.82, 2.24) is 5.32 Å². The molecule has 1 saturated carbocycles. The third-order valence-electron chi connectivity index (χ3n) is 6.60. The van der Waals surface area contributed by atoms with Crippen LogP contribution in [0, 0.1) is 12.8 Å². The first-order valence-corrected chi connectivity index (χ1v) is 10.7. The maximum absolute atomic E-state index is 4.02. The van der Waals surface area contributed by atoms with E-state index in [0.717, 1.165) is 12.3 Å². The molecular weight excluding hydrogens is 314 g/mol. The van der Waals surface area contributed by atoms with Crippen LogP contribution in [-0.2, 0) is 12.8 Å². The summed E-state index contributed by atoms with van der Waals surface area (Å²) in [5, 5.41) is 4.02. The van der Waals surface area contributed by atoms with Crippen molar-refractivity contribution in [2.45, 2.75) is 70.3 Å². The van der Waals surface area contributed by atoms with Crippen molar-refractivity contribution in [3.8, 4) is 0 Å². The fourth-order valence-electron chi connectivity index (χ4n) is 5.12. The first-order valence-electron chi connectivity index (χ1n) is 10.7. The van der Waals surface area contributed by atoms with Gasteiger partial charge in [-0.1, -0.05) is 73.4 Å². The molecule has 1 fully saturated rings. The van der Waals surface area contributed by atoms with Crippen molar-refractivity contribution in [2.24, 2.45) is 5.92 Å². The molecule has 2 atom stereocenters. The molecule has 0 amide bonds. The zero-order chi connectivity index (χ0) is 17.8. The van der Waals surface area contributed by atoms with Crippen LogP contribution in [-0.4, -0.2) is 12.6 Å². The highest BCUT2D eigenvalue weighted by Gasteiger charge is 2.30. The minimum atomic E-state index is 0.602. The maximum Gasteiger partial charge on any atom is 0.0142 e. The zero-order valence-electron chi connectivity index (χ0n) is 16.2. The van der Waals surface area contributed by atoms with Gasteiger partial charge in [0.1, 0.15) is 0 Å². The molecule has 1 N–H and O–H groups in total. The van der Waals surface area contributed by atoms with Gasteiger partial charge in [-0.25, -0.2) is 0 Å². The van der Waals surface area contributed by atoms with E-state index >= 15 is 0 Å². The first-order chi connectivity index (χ1) is 12.8. The van der Waals surface area contributed by atoms with Gasteiger partial charge in [0.2, 0.25) is 0 Å². The number of fused-ring (bicyclic) bond motifs is 1. The molecule has 0 spiro atoms. The second-order valence-corrected chi connectivity index (χ2v) is 8.56. The van der Waals surface area contributed by atoms with Crippen molar-refractivity contribution in [3.63, 3.8) is 0 Å². The SMILES string of the molecule is Cc1ccc2c(c1)CCC(NCC1CCCCC1)C2Cc1ccccc1. The summed E-state index contributed by atoms with van der Waals surface area (Å²) in [4.78, 5) is 0. The molecule has 1 nitrogen and oxygen atoms in total. The van der Waals surface area contributed by atoms with E-state index in [-0.39, 0.29) is 0 Å². The smallest absolute Gasteiger partial charge is 0.0142 e. The summed E-state index contributed by atoms with van der Waals surface area (Å²) in [6, 6.07) is 18.8. The highest BCUT2D eigenvalue weighted by molar-refractivity contribution is 5.38. The Hall–Kier alpha value is -1.60. The van der Waals surface area contributed by atoms with Crippen LogP contribution < -0.4 is 5.32 Å². The largest absolute Gasteiger partial charge is 0.313 e. The van der Waals surface area contributed by atoms with E-state index < -0.39 is 0 Å². The number of rotatable bonds is 5. The van der Waals surface area contributed by atoms with Crippen LogP contribution in [0.3, 0.4) is 0 Å². The fraction of sp³-hybridized carbons (Fsp3) is 0.520. The van der Waals surface area contributed by atoms with E-state index in [1.165, 1.54) is 62.6 Å². The lowest BCUT2D eigenvalue weighted by Gasteiger charge is -2.36. The van der Waals surface area contributed by atoms with Crippen molar-refractivity contribution in [2.75, 3.05) is 6.54 Å². The van der Waals surface area contributed by atoms with Gasteiger partial charge in [-0.3, -0.25) is 0 Å². The second-order valence-electron chi connectivity index (χ2n) is 8.56. The Morgan fingerprint density at radius 3 is 2.54 bits per heavy atom. The van der Waals surface area contributed by atoms with Gasteiger partial charge in [0.15, 0.2) is 0 Å². The molecular formula is C25H33N. The maximum atomic E-state index is 4.02. The van der Waals surface area contributed by atoms with E-state index in [2.05, 4.69) is 60.8 Å². The summed E-state index contributed by atoms with van der Waals surface area (Å²) in [7, 11) is 0. The van der Waals surface area contributed by atoms with Gasteiger partial charge >= 0.3 is 0 Å². The first kappa shape index (κ1) is 17.8. The molecule has 0 bridgehead atoms.